The fourth-order valence-electron chi connectivity index (χ4n) is 1.07. The van der Waals surface area contributed by atoms with Crippen molar-refractivity contribution in [2.45, 2.75) is 6.92 Å². The predicted molar refractivity (Wildman–Crippen MR) is 56.4 cm³/mol. The van der Waals surface area contributed by atoms with Crippen LogP contribution in [0.5, 0.6) is 5.75 Å². The quantitative estimate of drug-likeness (QED) is 0.813. The molecular weight excluding hydrogens is 250 g/mol. The molecule has 5 heteroatoms. The number of rotatable bonds is 3. The van der Waals surface area contributed by atoms with E-state index in [0.29, 0.717) is 15.9 Å². The van der Waals surface area contributed by atoms with E-state index in [1.54, 1.807) is 19.1 Å². The Morgan fingerprint density at radius 2 is 2.29 bits per heavy atom. The summed E-state index contributed by atoms with van der Waals surface area (Å²) >= 11 is 3.25. The first-order chi connectivity index (χ1) is 6.50. The van der Waals surface area contributed by atoms with E-state index in [1.807, 2.05) is 0 Å². The number of carboxylic acids is 1. The Bertz CT molecular complexity index is 342. The van der Waals surface area contributed by atoms with Crippen LogP contribution >= 0.6 is 15.9 Å². The number of hydrogen-bond donors (Lipinski definition) is 2. The van der Waals surface area contributed by atoms with Crippen molar-refractivity contribution in [3.05, 3.63) is 22.2 Å². The number of anilines is 1. The van der Waals surface area contributed by atoms with Gasteiger partial charge in [-0.05, 0) is 40.5 Å². The molecule has 0 fully saturated rings. The largest absolute Gasteiger partial charge is 0.480 e. The number of aliphatic carboxylic acids is 1. The van der Waals surface area contributed by atoms with Gasteiger partial charge in [0, 0.05) is 5.69 Å². The summed E-state index contributed by atoms with van der Waals surface area (Å²) in [5, 5.41) is 8.45. The molecule has 0 heterocycles. The van der Waals surface area contributed by atoms with Gasteiger partial charge in [-0.1, -0.05) is 0 Å². The summed E-state index contributed by atoms with van der Waals surface area (Å²) in [4.78, 5) is 10.3. The van der Waals surface area contributed by atoms with E-state index in [-0.39, 0.29) is 6.61 Å². The molecule has 0 atom stereocenters. The minimum atomic E-state index is -1.01. The van der Waals surface area contributed by atoms with Gasteiger partial charge in [0.2, 0.25) is 0 Å². The molecule has 0 aliphatic heterocycles. The zero-order valence-corrected chi connectivity index (χ0v) is 9.17. The van der Waals surface area contributed by atoms with Crippen molar-refractivity contribution >= 4 is 27.6 Å². The van der Waals surface area contributed by atoms with Crippen LogP contribution < -0.4 is 10.5 Å². The summed E-state index contributed by atoms with van der Waals surface area (Å²) in [5.41, 5.74) is 6.99. The van der Waals surface area contributed by atoms with Gasteiger partial charge in [-0.15, -0.1) is 0 Å². The van der Waals surface area contributed by atoms with Crippen molar-refractivity contribution in [2.24, 2.45) is 0 Å². The highest BCUT2D eigenvalue weighted by Gasteiger charge is 2.08. The van der Waals surface area contributed by atoms with E-state index in [4.69, 9.17) is 15.6 Å². The van der Waals surface area contributed by atoms with Crippen LogP contribution in [0.15, 0.2) is 16.6 Å². The summed E-state index contributed by atoms with van der Waals surface area (Å²) in [5.74, 6) is -0.491. The second-order valence-corrected chi connectivity index (χ2v) is 3.69. The molecule has 1 aromatic carbocycles. The Balaban J connectivity index is 2.91. The van der Waals surface area contributed by atoms with Crippen LogP contribution in [0.25, 0.3) is 0 Å². The molecule has 0 radical (unpaired) electrons. The van der Waals surface area contributed by atoms with Gasteiger partial charge in [0.25, 0.3) is 0 Å². The summed E-state index contributed by atoms with van der Waals surface area (Å²) in [6.07, 6.45) is 0. The zero-order chi connectivity index (χ0) is 10.7. The molecule has 0 amide bonds. The number of nitrogens with two attached hydrogens (primary N) is 1. The smallest absolute Gasteiger partial charge is 0.341 e. The van der Waals surface area contributed by atoms with E-state index in [0.717, 1.165) is 5.56 Å². The molecule has 3 N–H and O–H groups in total. The third-order valence-corrected chi connectivity index (χ3v) is 2.18. The third kappa shape index (κ3) is 2.63. The van der Waals surface area contributed by atoms with Gasteiger partial charge in [-0.2, -0.15) is 0 Å². The minimum absolute atomic E-state index is 0.358. The van der Waals surface area contributed by atoms with Crippen LogP contribution in [0.4, 0.5) is 5.69 Å². The maximum absolute atomic E-state index is 10.3. The first-order valence-corrected chi connectivity index (χ1v) is 4.70. The molecule has 4 nitrogen and oxygen atoms in total. The van der Waals surface area contributed by atoms with Crippen molar-refractivity contribution in [3.8, 4) is 5.75 Å². The van der Waals surface area contributed by atoms with Crippen molar-refractivity contribution in [3.63, 3.8) is 0 Å². The predicted octanol–water partition coefficient (Wildman–Crippen LogP) is 1.80. The van der Waals surface area contributed by atoms with Crippen molar-refractivity contribution in [1.29, 1.82) is 0 Å². The first kappa shape index (κ1) is 10.8. The highest BCUT2D eigenvalue weighted by Crippen LogP contribution is 2.31. The monoisotopic (exact) mass is 259 g/mol. The normalized spacial score (nSPS) is 9.86. The number of carboxylic acid groups (broad SMARTS) is 1. The Hall–Kier alpha value is -1.23. The van der Waals surface area contributed by atoms with Crippen LogP contribution in [-0.2, 0) is 4.79 Å². The van der Waals surface area contributed by atoms with E-state index < -0.39 is 5.97 Å². The summed E-state index contributed by atoms with van der Waals surface area (Å²) in [6, 6.07) is 3.39. The second-order valence-electron chi connectivity index (χ2n) is 2.83. The van der Waals surface area contributed by atoms with E-state index in [9.17, 15) is 4.79 Å². The number of nitrogen functional groups attached to an aromatic ring is 1. The highest BCUT2D eigenvalue weighted by atomic mass is 79.9. The van der Waals surface area contributed by atoms with Gasteiger partial charge >= 0.3 is 5.97 Å². The number of ether oxygens (including phenoxy) is 1. The molecule has 14 heavy (non-hydrogen) atoms. The van der Waals surface area contributed by atoms with Crippen LogP contribution in [0, 0.1) is 6.92 Å². The maximum atomic E-state index is 10.3. The SMILES string of the molecule is Cc1cc(N)cc(Br)c1OCC(=O)O. The molecule has 0 unspecified atom stereocenters. The lowest BCUT2D eigenvalue weighted by Crippen LogP contribution is -2.10. The van der Waals surface area contributed by atoms with Crippen LogP contribution in [0.1, 0.15) is 5.56 Å². The third-order valence-electron chi connectivity index (χ3n) is 1.59. The molecule has 0 saturated heterocycles. The number of halogens is 1. The first-order valence-electron chi connectivity index (χ1n) is 3.91. The zero-order valence-electron chi connectivity index (χ0n) is 7.58. The second kappa shape index (κ2) is 4.32. The molecule has 0 aromatic heterocycles. The topological polar surface area (TPSA) is 72.5 Å². The average Bonchev–Trinajstić information content (AvgIpc) is 2.01. The Kier molecular flexibility index (Phi) is 3.35. The maximum Gasteiger partial charge on any atom is 0.341 e. The summed E-state index contributed by atoms with van der Waals surface area (Å²) in [7, 11) is 0. The van der Waals surface area contributed by atoms with Gasteiger partial charge in [0.15, 0.2) is 6.61 Å². The summed E-state index contributed by atoms with van der Waals surface area (Å²) in [6.45, 7) is 1.45. The van der Waals surface area contributed by atoms with Crippen LogP contribution in [0.3, 0.4) is 0 Å². The van der Waals surface area contributed by atoms with Crippen LogP contribution in [0.2, 0.25) is 0 Å². The lowest BCUT2D eigenvalue weighted by atomic mass is 10.2. The van der Waals surface area contributed by atoms with Gasteiger partial charge in [0.05, 0.1) is 4.47 Å². The lowest BCUT2D eigenvalue weighted by Gasteiger charge is -2.09. The fraction of sp³-hybridized carbons (Fsp3) is 0.222. The molecule has 1 rings (SSSR count). The van der Waals surface area contributed by atoms with Gasteiger partial charge in [-0.3, -0.25) is 0 Å². The minimum Gasteiger partial charge on any atom is -0.480 e. The van der Waals surface area contributed by atoms with E-state index in [2.05, 4.69) is 15.9 Å². The Morgan fingerprint density at radius 1 is 1.64 bits per heavy atom. The summed E-state index contributed by atoms with van der Waals surface area (Å²) < 4.78 is 5.75. The molecule has 0 aliphatic carbocycles. The molecule has 0 spiro atoms. The van der Waals surface area contributed by atoms with E-state index >= 15 is 0 Å². The number of carbonyl (C=O) groups is 1. The lowest BCUT2D eigenvalue weighted by molar-refractivity contribution is -0.139. The Morgan fingerprint density at radius 3 is 2.79 bits per heavy atom. The number of hydrogen-bond acceptors (Lipinski definition) is 3. The van der Waals surface area contributed by atoms with Crippen molar-refractivity contribution in [1.82, 2.24) is 0 Å². The van der Waals surface area contributed by atoms with Crippen molar-refractivity contribution in [2.75, 3.05) is 12.3 Å². The standard InChI is InChI=1S/C9H10BrNO3/c1-5-2-6(11)3-7(10)9(5)14-4-8(12)13/h2-3H,4,11H2,1H3,(H,12,13). The highest BCUT2D eigenvalue weighted by molar-refractivity contribution is 9.10. The number of aryl methyl sites for hydroxylation is 1. The molecule has 76 valence electrons. The molecule has 0 bridgehead atoms. The van der Waals surface area contributed by atoms with Crippen LogP contribution in [-0.4, -0.2) is 17.7 Å². The molecular formula is C9H10BrNO3. The molecule has 1 aromatic rings. The van der Waals surface area contributed by atoms with Gasteiger partial charge < -0.3 is 15.6 Å². The van der Waals surface area contributed by atoms with E-state index in [1.165, 1.54) is 0 Å². The Labute approximate surface area is 89.8 Å². The molecule has 0 aliphatic rings. The van der Waals surface area contributed by atoms with Gasteiger partial charge in [0.1, 0.15) is 5.75 Å². The fourth-order valence-corrected chi connectivity index (χ4v) is 1.77. The number of benzene rings is 1. The molecule has 0 saturated carbocycles. The average molecular weight is 260 g/mol. The van der Waals surface area contributed by atoms with Crippen molar-refractivity contribution < 1.29 is 14.6 Å². The van der Waals surface area contributed by atoms with Gasteiger partial charge in [-0.25, -0.2) is 4.79 Å².